The van der Waals surface area contributed by atoms with Crippen LogP contribution in [-0.4, -0.2) is 30.4 Å². The number of hydrogen-bond acceptors (Lipinski definition) is 4. The van der Waals surface area contributed by atoms with E-state index in [0.717, 1.165) is 27.9 Å². The van der Waals surface area contributed by atoms with Crippen LogP contribution >= 0.6 is 22.9 Å². The van der Waals surface area contributed by atoms with E-state index in [1.807, 2.05) is 31.3 Å². The maximum absolute atomic E-state index is 12.1. The van der Waals surface area contributed by atoms with Gasteiger partial charge in [-0.2, -0.15) is 0 Å². The molecule has 2 aromatic heterocycles. The van der Waals surface area contributed by atoms with Crippen LogP contribution in [0.4, 0.5) is 0 Å². The van der Waals surface area contributed by atoms with Gasteiger partial charge in [0, 0.05) is 18.5 Å². The molecule has 106 valence electrons. The molecular weight excluding hydrogens is 296 g/mol. The number of hydrogen-bond donors (Lipinski definition) is 1. The minimum atomic E-state index is -0.170. The normalized spacial score (nSPS) is 20.6. The van der Waals surface area contributed by atoms with Gasteiger partial charge in [-0.05, 0) is 30.7 Å². The van der Waals surface area contributed by atoms with E-state index >= 15 is 0 Å². The third-order valence-corrected chi connectivity index (χ3v) is 4.80. The Morgan fingerprint density at radius 2 is 2.35 bits per heavy atom. The predicted molar refractivity (Wildman–Crippen MR) is 79.1 cm³/mol. The van der Waals surface area contributed by atoms with E-state index in [1.165, 1.54) is 11.3 Å². The minimum absolute atomic E-state index is 0.129. The Labute approximate surface area is 126 Å². The third-order valence-electron chi connectivity index (χ3n) is 3.50. The van der Waals surface area contributed by atoms with Gasteiger partial charge >= 0.3 is 0 Å². The number of nitrogens with zero attached hydrogens (tertiary/aromatic N) is 1. The van der Waals surface area contributed by atoms with Crippen molar-refractivity contribution in [3.8, 4) is 0 Å². The van der Waals surface area contributed by atoms with Gasteiger partial charge < -0.3 is 9.32 Å². The fourth-order valence-electron chi connectivity index (χ4n) is 2.42. The molecule has 0 radical (unpaired) electrons. The molecule has 2 aromatic rings. The molecule has 1 fully saturated rings. The lowest BCUT2D eigenvalue weighted by atomic mass is 10.1. The average Bonchev–Trinajstić information content (AvgIpc) is 3.14. The lowest BCUT2D eigenvalue weighted by Crippen LogP contribution is -2.39. The van der Waals surface area contributed by atoms with Crippen LogP contribution in [0.3, 0.4) is 0 Å². The van der Waals surface area contributed by atoms with Gasteiger partial charge in [0.2, 0.25) is 5.91 Å². The largest absolute Gasteiger partial charge is 0.467 e. The summed E-state index contributed by atoms with van der Waals surface area (Å²) in [5.41, 5.74) is 0. The number of likely N-dealkylation sites (tertiary alicyclic amines) is 1. The van der Waals surface area contributed by atoms with Gasteiger partial charge in [0.15, 0.2) is 0 Å². The first-order valence-corrected chi connectivity index (χ1v) is 7.64. The number of likely N-dealkylation sites (N-methyl/N-ethyl adjacent to an activating group) is 1. The van der Waals surface area contributed by atoms with Crippen molar-refractivity contribution in [1.82, 2.24) is 10.2 Å². The van der Waals surface area contributed by atoms with Crippen LogP contribution in [-0.2, 0) is 4.79 Å². The highest BCUT2D eigenvalue weighted by Gasteiger charge is 2.32. The van der Waals surface area contributed by atoms with Crippen LogP contribution in [0.1, 0.15) is 23.1 Å². The minimum Gasteiger partial charge on any atom is -0.467 e. The van der Waals surface area contributed by atoms with E-state index in [0.29, 0.717) is 0 Å². The molecule has 4 nitrogen and oxygen atoms in total. The summed E-state index contributed by atoms with van der Waals surface area (Å²) in [5.74, 6) is 0.926. The molecule has 0 bridgehead atoms. The summed E-state index contributed by atoms with van der Waals surface area (Å²) in [5, 5.41) is 3.39. The zero-order valence-electron chi connectivity index (χ0n) is 11.0. The zero-order valence-corrected chi connectivity index (χ0v) is 12.6. The monoisotopic (exact) mass is 310 g/mol. The number of furan rings is 1. The van der Waals surface area contributed by atoms with Crippen molar-refractivity contribution in [3.63, 3.8) is 0 Å². The van der Waals surface area contributed by atoms with Crippen LogP contribution in [0.5, 0.6) is 0 Å². The molecule has 1 aliphatic rings. The number of nitrogens with one attached hydrogen (secondary N) is 1. The lowest BCUT2D eigenvalue weighted by molar-refractivity contribution is -0.128. The highest BCUT2D eigenvalue weighted by Crippen LogP contribution is 2.32. The van der Waals surface area contributed by atoms with E-state index in [9.17, 15) is 4.79 Å². The number of carbonyl (C=O) groups excluding carboxylic acids is 1. The quantitative estimate of drug-likeness (QED) is 0.944. The van der Waals surface area contributed by atoms with Crippen LogP contribution in [0.15, 0.2) is 34.9 Å². The second-order valence-corrected chi connectivity index (χ2v) is 6.60. The summed E-state index contributed by atoms with van der Waals surface area (Å²) < 4.78 is 6.24. The van der Waals surface area contributed by atoms with Crippen LogP contribution in [0.25, 0.3) is 0 Å². The van der Waals surface area contributed by atoms with Crippen LogP contribution < -0.4 is 5.32 Å². The van der Waals surface area contributed by atoms with Gasteiger partial charge in [0.05, 0.1) is 16.6 Å². The standard InChI is InChI=1S/C14H15ClN2O2S/c1-17-7-6-9(14(17)18)16-13(10-3-2-8-19-10)11-4-5-12(15)20-11/h2-5,8-9,13,16H,6-7H2,1H3. The van der Waals surface area contributed by atoms with E-state index in [2.05, 4.69) is 5.32 Å². The number of halogens is 1. The topological polar surface area (TPSA) is 45.5 Å². The van der Waals surface area contributed by atoms with E-state index < -0.39 is 0 Å². The van der Waals surface area contributed by atoms with Gasteiger partial charge in [-0.15, -0.1) is 11.3 Å². The van der Waals surface area contributed by atoms with Crippen molar-refractivity contribution in [3.05, 3.63) is 45.5 Å². The van der Waals surface area contributed by atoms with Crippen molar-refractivity contribution >= 4 is 28.8 Å². The first kappa shape index (κ1) is 13.7. The van der Waals surface area contributed by atoms with E-state index in [1.54, 1.807) is 11.2 Å². The zero-order chi connectivity index (χ0) is 14.1. The molecule has 6 heteroatoms. The Kier molecular flexibility index (Phi) is 3.83. The first-order chi connectivity index (χ1) is 9.65. The Balaban J connectivity index is 1.85. The summed E-state index contributed by atoms with van der Waals surface area (Å²) in [4.78, 5) is 14.9. The Morgan fingerprint density at radius 3 is 2.90 bits per heavy atom. The number of thiophene rings is 1. The maximum atomic E-state index is 12.1. The molecule has 2 atom stereocenters. The Bertz CT molecular complexity index is 596. The highest BCUT2D eigenvalue weighted by atomic mass is 35.5. The second kappa shape index (κ2) is 5.60. The van der Waals surface area contributed by atoms with E-state index in [-0.39, 0.29) is 18.0 Å². The fraction of sp³-hybridized carbons (Fsp3) is 0.357. The second-order valence-electron chi connectivity index (χ2n) is 4.86. The highest BCUT2D eigenvalue weighted by molar-refractivity contribution is 7.16. The van der Waals surface area contributed by atoms with Gasteiger partial charge in [-0.25, -0.2) is 0 Å². The molecule has 20 heavy (non-hydrogen) atoms. The molecule has 2 unspecified atom stereocenters. The molecule has 3 heterocycles. The Morgan fingerprint density at radius 1 is 1.50 bits per heavy atom. The summed E-state index contributed by atoms with van der Waals surface area (Å²) in [6.07, 6.45) is 2.45. The van der Waals surface area contributed by atoms with Gasteiger partial charge in [-0.3, -0.25) is 10.1 Å². The summed E-state index contributed by atoms with van der Waals surface area (Å²) in [6, 6.07) is 7.29. The molecule has 0 aromatic carbocycles. The number of amides is 1. The molecular formula is C14H15ClN2O2S. The van der Waals surface area contributed by atoms with Crippen molar-refractivity contribution in [1.29, 1.82) is 0 Å². The van der Waals surface area contributed by atoms with Crippen LogP contribution in [0.2, 0.25) is 4.34 Å². The average molecular weight is 311 g/mol. The summed E-state index contributed by atoms with van der Waals surface area (Å²) in [7, 11) is 1.83. The number of rotatable bonds is 4. The first-order valence-electron chi connectivity index (χ1n) is 6.45. The molecule has 0 saturated carbocycles. The van der Waals surface area contributed by atoms with Crippen molar-refractivity contribution in [2.75, 3.05) is 13.6 Å². The smallest absolute Gasteiger partial charge is 0.239 e. The number of carbonyl (C=O) groups is 1. The molecule has 1 saturated heterocycles. The Hall–Kier alpha value is -1.30. The molecule has 0 spiro atoms. The summed E-state index contributed by atoms with van der Waals surface area (Å²) >= 11 is 7.52. The summed E-state index contributed by atoms with van der Waals surface area (Å²) in [6.45, 7) is 0.784. The third kappa shape index (κ3) is 2.61. The van der Waals surface area contributed by atoms with Crippen molar-refractivity contribution in [2.24, 2.45) is 0 Å². The fourth-order valence-corrected chi connectivity index (χ4v) is 3.55. The van der Waals surface area contributed by atoms with Crippen molar-refractivity contribution < 1.29 is 9.21 Å². The van der Waals surface area contributed by atoms with Gasteiger partial charge in [0.25, 0.3) is 0 Å². The van der Waals surface area contributed by atoms with Gasteiger partial charge in [0.1, 0.15) is 11.8 Å². The van der Waals surface area contributed by atoms with E-state index in [4.69, 9.17) is 16.0 Å². The van der Waals surface area contributed by atoms with Crippen LogP contribution in [0, 0.1) is 0 Å². The molecule has 1 amide bonds. The lowest BCUT2D eigenvalue weighted by Gasteiger charge is -2.19. The van der Waals surface area contributed by atoms with Gasteiger partial charge in [-0.1, -0.05) is 11.6 Å². The predicted octanol–water partition coefficient (Wildman–Crippen LogP) is 2.90. The SMILES string of the molecule is CN1CCC(NC(c2ccco2)c2ccc(Cl)s2)C1=O. The molecule has 3 rings (SSSR count). The molecule has 1 aliphatic heterocycles. The molecule has 0 aliphatic carbocycles. The molecule has 1 N–H and O–H groups in total. The van der Waals surface area contributed by atoms with Crippen molar-refractivity contribution in [2.45, 2.75) is 18.5 Å². The maximum Gasteiger partial charge on any atom is 0.239 e.